The molecule has 0 unspecified atom stereocenters. The van der Waals surface area contributed by atoms with Gasteiger partial charge >= 0.3 is 0 Å². The number of nitro groups is 1. The van der Waals surface area contributed by atoms with E-state index in [0.29, 0.717) is 11.3 Å². The highest BCUT2D eigenvalue weighted by Gasteiger charge is 2.37. The fourth-order valence-corrected chi connectivity index (χ4v) is 1.70. The molecule has 0 saturated carbocycles. The van der Waals surface area contributed by atoms with Gasteiger partial charge in [-0.2, -0.15) is 0 Å². The number of hydrogen-bond donors (Lipinski definition) is 2. The third-order valence-corrected chi connectivity index (χ3v) is 3.42. The van der Waals surface area contributed by atoms with Crippen molar-refractivity contribution in [2.45, 2.75) is 32.4 Å². The van der Waals surface area contributed by atoms with Crippen molar-refractivity contribution >= 4 is 11.4 Å². The van der Waals surface area contributed by atoms with Crippen molar-refractivity contribution in [2.24, 2.45) is 0 Å². The molecular formula is C13H18N2O4. The predicted octanol–water partition coefficient (Wildman–Crippen LogP) is 2.51. The van der Waals surface area contributed by atoms with Crippen LogP contribution in [0, 0.1) is 10.1 Å². The van der Waals surface area contributed by atoms with Gasteiger partial charge in [-0.1, -0.05) is 12.2 Å². The summed E-state index contributed by atoms with van der Waals surface area (Å²) in [6, 6.07) is 5.42. The summed E-state index contributed by atoms with van der Waals surface area (Å²) < 4.78 is 0. The van der Waals surface area contributed by atoms with Gasteiger partial charge in [0.15, 0.2) is 0 Å². The summed E-state index contributed by atoms with van der Waals surface area (Å²) in [7, 11) is 0. The SMILES string of the molecule is C=C(C)[C@](C)([C@H](C)O)N(O)c1ccc([N+](=O)[O-])cc1. The second kappa shape index (κ2) is 5.38. The van der Waals surface area contributed by atoms with Gasteiger partial charge < -0.3 is 5.11 Å². The third-order valence-electron chi connectivity index (χ3n) is 3.42. The molecule has 0 spiro atoms. The summed E-state index contributed by atoms with van der Waals surface area (Å²) in [4.78, 5) is 10.1. The number of aliphatic hydroxyl groups excluding tert-OH is 1. The van der Waals surface area contributed by atoms with Crippen molar-refractivity contribution < 1.29 is 15.2 Å². The molecular weight excluding hydrogens is 248 g/mol. The molecule has 1 aromatic rings. The lowest BCUT2D eigenvalue weighted by Gasteiger charge is -2.41. The molecule has 0 aliphatic heterocycles. The number of nitro benzene ring substituents is 1. The van der Waals surface area contributed by atoms with Gasteiger partial charge in [0, 0.05) is 12.1 Å². The first-order chi connectivity index (χ1) is 8.71. The molecule has 6 heteroatoms. The van der Waals surface area contributed by atoms with Crippen LogP contribution in [0.2, 0.25) is 0 Å². The first-order valence-electron chi connectivity index (χ1n) is 5.79. The average molecular weight is 266 g/mol. The number of rotatable bonds is 5. The zero-order chi connectivity index (χ0) is 14.8. The van der Waals surface area contributed by atoms with Crippen molar-refractivity contribution in [3.63, 3.8) is 0 Å². The largest absolute Gasteiger partial charge is 0.391 e. The highest BCUT2D eigenvalue weighted by Crippen LogP contribution is 2.31. The van der Waals surface area contributed by atoms with Crippen molar-refractivity contribution in [1.82, 2.24) is 0 Å². The molecule has 2 N–H and O–H groups in total. The van der Waals surface area contributed by atoms with Crippen LogP contribution >= 0.6 is 0 Å². The molecule has 0 fully saturated rings. The zero-order valence-electron chi connectivity index (χ0n) is 11.2. The Morgan fingerprint density at radius 1 is 1.47 bits per heavy atom. The molecule has 0 aromatic heterocycles. The topological polar surface area (TPSA) is 86.8 Å². The van der Waals surface area contributed by atoms with E-state index >= 15 is 0 Å². The quantitative estimate of drug-likeness (QED) is 0.485. The fourth-order valence-electron chi connectivity index (χ4n) is 1.70. The van der Waals surface area contributed by atoms with Crippen molar-refractivity contribution in [2.75, 3.05) is 5.06 Å². The molecule has 2 atom stereocenters. The Hall–Kier alpha value is -1.92. The van der Waals surface area contributed by atoms with Gasteiger partial charge in [-0.15, -0.1) is 0 Å². The maximum atomic E-state index is 10.6. The normalized spacial score (nSPS) is 15.4. The summed E-state index contributed by atoms with van der Waals surface area (Å²) in [5, 5.41) is 31.5. The van der Waals surface area contributed by atoms with Gasteiger partial charge in [0.2, 0.25) is 0 Å². The Balaban J connectivity index is 3.14. The van der Waals surface area contributed by atoms with Crippen molar-refractivity contribution in [3.8, 4) is 0 Å². The predicted molar refractivity (Wildman–Crippen MR) is 72.3 cm³/mol. The smallest absolute Gasteiger partial charge is 0.269 e. The third kappa shape index (κ3) is 2.74. The van der Waals surface area contributed by atoms with Crippen LogP contribution in [0.4, 0.5) is 11.4 Å². The second-order valence-electron chi connectivity index (χ2n) is 4.69. The van der Waals surface area contributed by atoms with Crippen LogP contribution < -0.4 is 5.06 Å². The van der Waals surface area contributed by atoms with Crippen LogP contribution in [0.5, 0.6) is 0 Å². The van der Waals surface area contributed by atoms with Gasteiger partial charge in [0.25, 0.3) is 5.69 Å². The lowest BCUT2D eigenvalue weighted by Crippen LogP contribution is -2.53. The summed E-state index contributed by atoms with van der Waals surface area (Å²) >= 11 is 0. The molecule has 6 nitrogen and oxygen atoms in total. The molecule has 0 aliphatic carbocycles. The van der Waals surface area contributed by atoms with Gasteiger partial charge in [0.05, 0.1) is 16.7 Å². The number of benzene rings is 1. The molecule has 0 aliphatic rings. The molecule has 1 aromatic carbocycles. The van der Waals surface area contributed by atoms with E-state index in [2.05, 4.69) is 6.58 Å². The molecule has 0 bridgehead atoms. The van der Waals surface area contributed by atoms with Gasteiger partial charge in [-0.25, -0.2) is 5.06 Å². The molecule has 0 saturated heterocycles. The van der Waals surface area contributed by atoms with E-state index in [4.69, 9.17) is 0 Å². The van der Waals surface area contributed by atoms with E-state index in [1.54, 1.807) is 20.8 Å². The Labute approximate surface area is 111 Å². The summed E-state index contributed by atoms with van der Waals surface area (Å²) in [6.07, 6.45) is -0.870. The zero-order valence-corrected chi connectivity index (χ0v) is 11.2. The minimum atomic E-state index is -1.07. The van der Waals surface area contributed by atoms with E-state index in [-0.39, 0.29) is 5.69 Å². The van der Waals surface area contributed by atoms with Crippen LogP contribution in [0.1, 0.15) is 20.8 Å². The highest BCUT2D eigenvalue weighted by molar-refractivity contribution is 5.52. The first-order valence-corrected chi connectivity index (χ1v) is 5.79. The summed E-state index contributed by atoms with van der Waals surface area (Å²) in [5.74, 6) is 0. The number of hydroxylamine groups is 1. The van der Waals surface area contributed by atoms with Crippen LogP contribution in [-0.2, 0) is 0 Å². The van der Waals surface area contributed by atoms with Crippen molar-refractivity contribution in [3.05, 3.63) is 46.5 Å². The average Bonchev–Trinajstić information content (AvgIpc) is 2.36. The molecule has 104 valence electrons. The molecule has 0 heterocycles. The van der Waals surface area contributed by atoms with Gasteiger partial charge in [0.1, 0.15) is 5.54 Å². The Kier molecular flexibility index (Phi) is 4.28. The second-order valence-corrected chi connectivity index (χ2v) is 4.69. The Morgan fingerprint density at radius 3 is 2.26 bits per heavy atom. The molecule has 0 radical (unpaired) electrons. The van der Waals surface area contributed by atoms with E-state index in [1.165, 1.54) is 24.3 Å². The van der Waals surface area contributed by atoms with E-state index in [1.807, 2.05) is 0 Å². The van der Waals surface area contributed by atoms with Crippen molar-refractivity contribution in [1.29, 1.82) is 0 Å². The maximum Gasteiger partial charge on any atom is 0.269 e. The molecule has 1 rings (SSSR count). The monoisotopic (exact) mass is 266 g/mol. The molecule has 19 heavy (non-hydrogen) atoms. The minimum absolute atomic E-state index is 0.0637. The van der Waals surface area contributed by atoms with Crippen LogP contribution in [0.15, 0.2) is 36.4 Å². The fraction of sp³-hybridized carbons (Fsp3) is 0.385. The van der Waals surface area contributed by atoms with Crippen LogP contribution in [0.3, 0.4) is 0 Å². The highest BCUT2D eigenvalue weighted by atomic mass is 16.6. The maximum absolute atomic E-state index is 10.6. The lowest BCUT2D eigenvalue weighted by atomic mass is 9.87. The van der Waals surface area contributed by atoms with Crippen LogP contribution in [0.25, 0.3) is 0 Å². The van der Waals surface area contributed by atoms with E-state index < -0.39 is 16.6 Å². The summed E-state index contributed by atoms with van der Waals surface area (Å²) in [5.41, 5.74) is -0.220. The number of anilines is 1. The van der Waals surface area contributed by atoms with Crippen LogP contribution in [-0.4, -0.2) is 26.9 Å². The first kappa shape index (κ1) is 15.1. The number of non-ortho nitro benzene ring substituents is 1. The van der Waals surface area contributed by atoms with Gasteiger partial charge in [-0.3, -0.25) is 15.3 Å². The summed E-state index contributed by atoms with van der Waals surface area (Å²) in [6.45, 7) is 8.65. The number of aliphatic hydroxyl groups is 1. The Bertz CT molecular complexity index is 484. The molecule has 0 amide bonds. The number of nitrogens with zero attached hydrogens (tertiary/aromatic N) is 2. The minimum Gasteiger partial charge on any atom is -0.391 e. The van der Waals surface area contributed by atoms with E-state index in [9.17, 15) is 20.4 Å². The van der Waals surface area contributed by atoms with Gasteiger partial charge in [-0.05, 0) is 32.9 Å². The standard InChI is InChI=1S/C13H18N2O4/c1-9(2)13(4,10(3)16)14(17)11-5-7-12(8-6-11)15(18)19/h5-8,10,16-17H,1H2,2-4H3/t10-,13+/m0/s1. The lowest BCUT2D eigenvalue weighted by molar-refractivity contribution is -0.384. The Morgan fingerprint density at radius 2 is 1.95 bits per heavy atom. The van der Waals surface area contributed by atoms with E-state index in [0.717, 1.165) is 5.06 Å². The number of hydrogen-bond acceptors (Lipinski definition) is 5.